The van der Waals surface area contributed by atoms with Gasteiger partial charge in [0.1, 0.15) is 0 Å². The highest BCUT2D eigenvalue weighted by atomic mass is 32.2. The molecule has 0 bridgehead atoms. The molecule has 6 heteroatoms. The lowest BCUT2D eigenvalue weighted by Gasteiger charge is -2.11. The normalized spacial score (nSPS) is 14.6. The van der Waals surface area contributed by atoms with E-state index in [0.717, 1.165) is 33.9 Å². The minimum Gasteiger partial charge on any atom is -0.267 e. The first kappa shape index (κ1) is 21.9. The van der Waals surface area contributed by atoms with Crippen molar-refractivity contribution >= 4 is 35.1 Å². The maximum atomic E-state index is 13.3. The van der Waals surface area contributed by atoms with Gasteiger partial charge < -0.3 is 0 Å². The summed E-state index contributed by atoms with van der Waals surface area (Å²) < 4.78 is 1.86. The van der Waals surface area contributed by atoms with Crippen LogP contribution in [-0.4, -0.2) is 27.2 Å². The van der Waals surface area contributed by atoms with Crippen LogP contribution in [0.2, 0.25) is 0 Å². The van der Waals surface area contributed by atoms with Crippen LogP contribution in [-0.2, 0) is 4.79 Å². The molecule has 0 fully saturated rings. The van der Waals surface area contributed by atoms with Crippen molar-refractivity contribution in [3.63, 3.8) is 0 Å². The molecule has 5 rings (SSSR count). The summed E-state index contributed by atoms with van der Waals surface area (Å²) in [5.41, 5.74) is 5.65. The topological polar surface area (TPSA) is 50.5 Å². The fourth-order valence-electron chi connectivity index (χ4n) is 3.89. The Kier molecular flexibility index (Phi) is 6.14. The van der Waals surface area contributed by atoms with Crippen LogP contribution in [0.5, 0.6) is 0 Å². The quantitative estimate of drug-likeness (QED) is 0.243. The molecule has 5 nitrogen and oxygen atoms in total. The van der Waals surface area contributed by atoms with Crippen molar-refractivity contribution in [2.45, 2.75) is 18.7 Å². The molecule has 0 atom stereocenters. The predicted octanol–water partition coefficient (Wildman–Crippen LogP) is 6.46. The molecule has 2 heterocycles. The molecule has 0 N–H and O–H groups in total. The standard InChI is InChI=1S/C28H24N4OS/c1-3-34-25-16-14-21(15-17-25)27-22(19-31(30-27)23-10-6-4-7-11-23)18-26-20(2)29-32(28(26)33)24-12-8-5-9-13-24/h4-19H,3H2,1-2H3. The second-order valence-corrected chi connectivity index (χ2v) is 9.20. The summed E-state index contributed by atoms with van der Waals surface area (Å²) in [6.45, 7) is 4.01. The Morgan fingerprint density at radius 3 is 2.18 bits per heavy atom. The number of rotatable bonds is 6. The molecule has 0 spiro atoms. The molecule has 1 aliphatic heterocycles. The van der Waals surface area contributed by atoms with Crippen molar-refractivity contribution in [2.24, 2.45) is 5.10 Å². The largest absolute Gasteiger partial charge is 0.280 e. The van der Waals surface area contributed by atoms with Crippen molar-refractivity contribution < 1.29 is 4.79 Å². The Morgan fingerprint density at radius 1 is 0.882 bits per heavy atom. The van der Waals surface area contributed by atoms with E-state index in [1.54, 1.807) is 11.8 Å². The van der Waals surface area contributed by atoms with Crippen LogP contribution in [0.3, 0.4) is 0 Å². The third-order valence-electron chi connectivity index (χ3n) is 5.57. The lowest BCUT2D eigenvalue weighted by Crippen LogP contribution is -2.21. The van der Waals surface area contributed by atoms with Crippen LogP contribution < -0.4 is 5.01 Å². The second kappa shape index (κ2) is 9.53. The Morgan fingerprint density at radius 2 is 1.53 bits per heavy atom. The van der Waals surface area contributed by atoms with Crippen molar-refractivity contribution in [1.82, 2.24) is 9.78 Å². The van der Waals surface area contributed by atoms with E-state index in [1.807, 2.05) is 84.5 Å². The zero-order chi connectivity index (χ0) is 23.5. The first-order valence-electron chi connectivity index (χ1n) is 11.2. The molecule has 0 saturated carbocycles. The number of nitrogens with zero attached hydrogens (tertiary/aromatic N) is 4. The molecular formula is C28H24N4OS. The molecular weight excluding hydrogens is 440 g/mol. The van der Waals surface area contributed by atoms with Gasteiger partial charge in [-0.25, -0.2) is 4.68 Å². The fraction of sp³-hybridized carbons (Fsp3) is 0.107. The molecule has 3 aromatic carbocycles. The summed E-state index contributed by atoms with van der Waals surface area (Å²) in [6.07, 6.45) is 3.87. The Hall–Kier alpha value is -3.90. The van der Waals surface area contributed by atoms with Gasteiger partial charge in [-0.15, -0.1) is 11.8 Å². The smallest absolute Gasteiger partial charge is 0.267 e. The van der Waals surface area contributed by atoms with Crippen LogP contribution in [0.4, 0.5) is 5.69 Å². The molecule has 1 aliphatic rings. The van der Waals surface area contributed by atoms with Crippen molar-refractivity contribution in [3.8, 4) is 16.9 Å². The molecule has 168 valence electrons. The van der Waals surface area contributed by atoms with Gasteiger partial charge in [-0.1, -0.05) is 55.5 Å². The molecule has 4 aromatic rings. The lowest BCUT2D eigenvalue weighted by atomic mass is 10.0. The van der Waals surface area contributed by atoms with Crippen LogP contribution in [0, 0.1) is 0 Å². The maximum absolute atomic E-state index is 13.3. The summed E-state index contributed by atoms with van der Waals surface area (Å²) in [4.78, 5) is 14.5. The van der Waals surface area contributed by atoms with Gasteiger partial charge in [0.2, 0.25) is 0 Å². The summed E-state index contributed by atoms with van der Waals surface area (Å²) in [5, 5.41) is 10.9. The van der Waals surface area contributed by atoms with Gasteiger partial charge in [0.15, 0.2) is 0 Å². The lowest BCUT2D eigenvalue weighted by molar-refractivity contribution is -0.114. The molecule has 0 unspecified atom stereocenters. The summed E-state index contributed by atoms with van der Waals surface area (Å²) in [6, 6.07) is 27.9. The third-order valence-corrected chi connectivity index (χ3v) is 6.46. The molecule has 34 heavy (non-hydrogen) atoms. The van der Waals surface area contributed by atoms with E-state index in [2.05, 4.69) is 36.3 Å². The number of amides is 1. The first-order chi connectivity index (χ1) is 16.6. The van der Waals surface area contributed by atoms with Crippen LogP contribution in [0.1, 0.15) is 19.4 Å². The van der Waals surface area contributed by atoms with Crippen LogP contribution in [0.15, 0.2) is 107 Å². The molecule has 0 aliphatic carbocycles. The Balaban J connectivity index is 1.57. The highest BCUT2D eigenvalue weighted by Gasteiger charge is 2.29. The number of anilines is 1. The van der Waals surface area contributed by atoms with E-state index < -0.39 is 0 Å². The van der Waals surface area contributed by atoms with E-state index in [-0.39, 0.29) is 5.91 Å². The number of hydrazone groups is 1. The van der Waals surface area contributed by atoms with E-state index >= 15 is 0 Å². The zero-order valence-corrected chi connectivity index (χ0v) is 19.9. The average Bonchev–Trinajstić information content (AvgIpc) is 3.42. The molecule has 0 radical (unpaired) electrons. The number of carbonyl (C=O) groups excluding carboxylic acids is 1. The highest BCUT2D eigenvalue weighted by Crippen LogP contribution is 2.30. The SMILES string of the molecule is CCSc1ccc(-c2nn(-c3ccccc3)cc2C=C2C(=O)N(c3ccccc3)N=C2C)cc1. The van der Waals surface area contributed by atoms with Gasteiger partial charge in [0.05, 0.1) is 28.4 Å². The monoisotopic (exact) mass is 464 g/mol. The van der Waals surface area contributed by atoms with Gasteiger partial charge in [-0.3, -0.25) is 4.79 Å². The minimum atomic E-state index is -0.142. The summed E-state index contributed by atoms with van der Waals surface area (Å²) in [5.74, 6) is 0.884. The summed E-state index contributed by atoms with van der Waals surface area (Å²) >= 11 is 1.81. The number of aromatic nitrogens is 2. The first-order valence-corrected chi connectivity index (χ1v) is 12.2. The van der Waals surface area contributed by atoms with E-state index in [1.165, 1.54) is 9.90 Å². The second-order valence-electron chi connectivity index (χ2n) is 7.87. The van der Waals surface area contributed by atoms with E-state index in [9.17, 15) is 4.79 Å². The molecule has 0 saturated heterocycles. The molecule has 1 aromatic heterocycles. The van der Waals surface area contributed by atoms with Gasteiger partial charge in [0, 0.05) is 22.2 Å². The number of hydrogen-bond acceptors (Lipinski definition) is 4. The maximum Gasteiger partial charge on any atom is 0.280 e. The Labute approximate surface area is 203 Å². The fourth-order valence-corrected chi connectivity index (χ4v) is 4.55. The van der Waals surface area contributed by atoms with Gasteiger partial charge >= 0.3 is 0 Å². The van der Waals surface area contributed by atoms with Crippen molar-refractivity contribution in [3.05, 3.63) is 102 Å². The van der Waals surface area contributed by atoms with Crippen LogP contribution >= 0.6 is 11.8 Å². The van der Waals surface area contributed by atoms with Crippen molar-refractivity contribution in [1.29, 1.82) is 0 Å². The van der Waals surface area contributed by atoms with Gasteiger partial charge in [0.25, 0.3) is 5.91 Å². The third kappa shape index (κ3) is 4.32. The number of hydrogen-bond donors (Lipinski definition) is 0. The van der Waals surface area contributed by atoms with Crippen LogP contribution in [0.25, 0.3) is 23.0 Å². The average molecular weight is 465 g/mol. The predicted molar refractivity (Wildman–Crippen MR) is 140 cm³/mol. The summed E-state index contributed by atoms with van der Waals surface area (Å²) in [7, 11) is 0. The zero-order valence-electron chi connectivity index (χ0n) is 19.1. The number of para-hydroxylation sites is 2. The van der Waals surface area contributed by atoms with Crippen molar-refractivity contribution in [2.75, 3.05) is 10.8 Å². The Bertz CT molecular complexity index is 1370. The van der Waals surface area contributed by atoms with Gasteiger partial charge in [-0.2, -0.15) is 15.2 Å². The minimum absolute atomic E-state index is 0.142. The number of thioether (sulfide) groups is 1. The van der Waals surface area contributed by atoms with E-state index in [4.69, 9.17) is 5.10 Å². The van der Waals surface area contributed by atoms with Gasteiger partial charge in [-0.05, 0) is 55.2 Å². The molecule has 1 amide bonds. The number of benzene rings is 3. The highest BCUT2D eigenvalue weighted by molar-refractivity contribution is 7.99. The number of carbonyl (C=O) groups is 1. The van der Waals surface area contributed by atoms with E-state index in [0.29, 0.717) is 11.3 Å².